The summed E-state index contributed by atoms with van der Waals surface area (Å²) in [7, 11) is 1.87. The van der Waals surface area contributed by atoms with E-state index in [1.807, 2.05) is 13.2 Å². The van der Waals surface area contributed by atoms with E-state index in [9.17, 15) is 0 Å². The third kappa shape index (κ3) is 5.95. The normalized spacial score (nSPS) is 15.3. The first-order valence-electron chi connectivity index (χ1n) is 11.1. The van der Waals surface area contributed by atoms with Gasteiger partial charge in [-0.2, -0.15) is 0 Å². The van der Waals surface area contributed by atoms with Crippen LogP contribution in [0, 0.1) is 0 Å². The maximum Gasteiger partial charge on any atom is 0.193 e. The Morgan fingerprint density at radius 3 is 2.19 bits per heavy atom. The first kappa shape index (κ1) is 21.1. The summed E-state index contributed by atoms with van der Waals surface area (Å²) in [6.45, 7) is 6.79. The maximum absolute atomic E-state index is 4.56. The molecule has 1 aliphatic heterocycles. The summed E-state index contributed by atoms with van der Waals surface area (Å²) < 4.78 is 2.22. The summed E-state index contributed by atoms with van der Waals surface area (Å²) in [5.74, 6) is 2.08. The van der Waals surface area contributed by atoms with Crippen LogP contribution in [0.15, 0.2) is 78.0 Å². The highest BCUT2D eigenvalue weighted by molar-refractivity contribution is 5.80. The lowest BCUT2D eigenvalue weighted by molar-refractivity contribution is 0.172. The molecule has 0 atom stereocenters. The Labute approximate surface area is 185 Å². The number of guanidine groups is 1. The van der Waals surface area contributed by atoms with E-state index in [1.165, 1.54) is 11.1 Å². The number of aromatic nitrogens is 2. The molecular weight excluding hydrogens is 384 g/mol. The van der Waals surface area contributed by atoms with Crippen LogP contribution in [-0.4, -0.2) is 65.1 Å². The molecule has 6 nitrogen and oxygen atoms in total. The summed E-state index contributed by atoms with van der Waals surface area (Å²) >= 11 is 0. The molecule has 4 rings (SSSR count). The van der Waals surface area contributed by atoms with Crippen LogP contribution in [0.3, 0.4) is 0 Å². The molecule has 0 aliphatic carbocycles. The van der Waals surface area contributed by atoms with E-state index in [2.05, 4.69) is 96.5 Å². The predicted octanol–water partition coefficient (Wildman–Crippen LogP) is 2.87. The van der Waals surface area contributed by atoms with E-state index in [-0.39, 0.29) is 0 Å². The molecule has 6 heteroatoms. The number of hydrogen-bond acceptors (Lipinski definition) is 3. The van der Waals surface area contributed by atoms with Crippen molar-refractivity contribution in [2.75, 3.05) is 39.8 Å². The van der Waals surface area contributed by atoms with Gasteiger partial charge in [0.15, 0.2) is 5.96 Å². The van der Waals surface area contributed by atoms with Gasteiger partial charge >= 0.3 is 0 Å². The second kappa shape index (κ2) is 10.8. The van der Waals surface area contributed by atoms with E-state index in [0.29, 0.717) is 0 Å². The zero-order chi connectivity index (χ0) is 21.3. The third-order valence-electron chi connectivity index (χ3n) is 5.76. The fraction of sp³-hybridized carbons (Fsp3) is 0.360. The third-order valence-corrected chi connectivity index (χ3v) is 5.76. The minimum absolute atomic E-state index is 0.822. The van der Waals surface area contributed by atoms with Gasteiger partial charge in [-0.1, -0.05) is 60.7 Å². The SMILES string of the molecule is CN=C(NCCc1nccn1Cc1ccccc1)N1CCN(Cc2ccccc2)CC1. The summed E-state index contributed by atoms with van der Waals surface area (Å²) in [5, 5.41) is 3.54. The van der Waals surface area contributed by atoms with E-state index in [1.54, 1.807) is 0 Å². The number of nitrogens with zero attached hydrogens (tertiary/aromatic N) is 5. The van der Waals surface area contributed by atoms with Crippen molar-refractivity contribution in [3.05, 3.63) is 90.0 Å². The quantitative estimate of drug-likeness (QED) is 0.475. The average molecular weight is 417 g/mol. The Kier molecular flexibility index (Phi) is 7.34. The van der Waals surface area contributed by atoms with Gasteiger partial charge in [0.1, 0.15) is 5.82 Å². The van der Waals surface area contributed by atoms with Crippen LogP contribution in [0.5, 0.6) is 0 Å². The molecule has 3 aromatic rings. The first-order valence-corrected chi connectivity index (χ1v) is 11.1. The summed E-state index contributed by atoms with van der Waals surface area (Å²) in [6, 6.07) is 21.2. The molecule has 0 radical (unpaired) electrons. The lowest BCUT2D eigenvalue weighted by Gasteiger charge is -2.36. The standard InChI is InChI=1S/C25H32N6/c1-26-25(30-18-16-29(17-19-30)20-22-8-4-2-5-9-22)28-13-12-24-27-14-15-31(24)21-23-10-6-3-7-11-23/h2-11,14-15H,12-13,16-21H2,1H3,(H,26,28). The van der Waals surface area contributed by atoms with Gasteiger partial charge in [-0.3, -0.25) is 9.89 Å². The topological polar surface area (TPSA) is 48.7 Å². The molecule has 1 fully saturated rings. The zero-order valence-corrected chi connectivity index (χ0v) is 18.3. The van der Waals surface area contributed by atoms with Gasteiger partial charge < -0.3 is 14.8 Å². The van der Waals surface area contributed by atoms with Crippen LogP contribution in [0.25, 0.3) is 0 Å². The Bertz CT molecular complexity index is 942. The number of aliphatic imine (C=N–C) groups is 1. The molecular formula is C25H32N6. The second-order valence-electron chi connectivity index (χ2n) is 7.93. The van der Waals surface area contributed by atoms with Crippen molar-refractivity contribution in [3.63, 3.8) is 0 Å². The monoisotopic (exact) mass is 416 g/mol. The van der Waals surface area contributed by atoms with Gasteiger partial charge in [-0.25, -0.2) is 4.98 Å². The maximum atomic E-state index is 4.56. The minimum Gasteiger partial charge on any atom is -0.356 e. The number of rotatable bonds is 7. The summed E-state index contributed by atoms with van der Waals surface area (Å²) in [6.07, 6.45) is 4.81. The van der Waals surface area contributed by atoms with Crippen LogP contribution < -0.4 is 5.32 Å². The van der Waals surface area contributed by atoms with Crippen molar-refractivity contribution in [2.45, 2.75) is 19.5 Å². The van der Waals surface area contributed by atoms with Crippen LogP contribution in [0.1, 0.15) is 17.0 Å². The van der Waals surface area contributed by atoms with Gasteiger partial charge in [0.25, 0.3) is 0 Å². The molecule has 1 aromatic heterocycles. The van der Waals surface area contributed by atoms with E-state index in [0.717, 1.165) is 64.0 Å². The number of imidazole rings is 1. The molecule has 0 saturated carbocycles. The fourth-order valence-corrected chi connectivity index (χ4v) is 4.07. The molecule has 2 heterocycles. The van der Waals surface area contributed by atoms with Crippen LogP contribution in [0.2, 0.25) is 0 Å². The van der Waals surface area contributed by atoms with Crippen molar-refractivity contribution in [2.24, 2.45) is 4.99 Å². The van der Waals surface area contributed by atoms with Gasteiger partial charge in [0, 0.05) is 71.7 Å². The smallest absolute Gasteiger partial charge is 0.193 e. The first-order chi connectivity index (χ1) is 15.3. The number of benzene rings is 2. The molecule has 0 spiro atoms. The molecule has 0 unspecified atom stereocenters. The van der Waals surface area contributed by atoms with Crippen molar-refractivity contribution in [1.82, 2.24) is 24.7 Å². The van der Waals surface area contributed by atoms with Crippen molar-refractivity contribution in [3.8, 4) is 0 Å². The van der Waals surface area contributed by atoms with Gasteiger partial charge in [-0.15, -0.1) is 0 Å². The molecule has 2 aromatic carbocycles. The highest BCUT2D eigenvalue weighted by atomic mass is 15.3. The Morgan fingerprint density at radius 1 is 0.903 bits per heavy atom. The predicted molar refractivity (Wildman–Crippen MR) is 126 cm³/mol. The van der Waals surface area contributed by atoms with E-state index < -0.39 is 0 Å². The van der Waals surface area contributed by atoms with Crippen molar-refractivity contribution >= 4 is 5.96 Å². The molecule has 0 amide bonds. The molecule has 162 valence electrons. The average Bonchev–Trinajstić information content (AvgIpc) is 3.25. The summed E-state index contributed by atoms with van der Waals surface area (Å²) in [5.41, 5.74) is 2.67. The summed E-state index contributed by atoms with van der Waals surface area (Å²) in [4.78, 5) is 13.9. The highest BCUT2D eigenvalue weighted by Gasteiger charge is 2.19. The molecule has 1 saturated heterocycles. The Balaban J connectivity index is 1.23. The lowest BCUT2D eigenvalue weighted by atomic mass is 10.2. The molecule has 1 aliphatic rings. The molecule has 1 N–H and O–H groups in total. The largest absolute Gasteiger partial charge is 0.356 e. The van der Waals surface area contributed by atoms with Gasteiger partial charge in [0.05, 0.1) is 0 Å². The second-order valence-corrected chi connectivity index (χ2v) is 7.93. The van der Waals surface area contributed by atoms with Crippen LogP contribution in [0.4, 0.5) is 0 Å². The minimum atomic E-state index is 0.822. The number of nitrogens with one attached hydrogen (secondary N) is 1. The molecule has 0 bridgehead atoms. The highest BCUT2D eigenvalue weighted by Crippen LogP contribution is 2.09. The van der Waals surface area contributed by atoms with Crippen LogP contribution >= 0.6 is 0 Å². The Morgan fingerprint density at radius 2 is 1.55 bits per heavy atom. The van der Waals surface area contributed by atoms with Crippen LogP contribution in [-0.2, 0) is 19.5 Å². The van der Waals surface area contributed by atoms with E-state index >= 15 is 0 Å². The number of hydrogen-bond donors (Lipinski definition) is 1. The fourth-order valence-electron chi connectivity index (χ4n) is 4.07. The number of piperazine rings is 1. The van der Waals surface area contributed by atoms with Gasteiger partial charge in [0.2, 0.25) is 0 Å². The zero-order valence-electron chi connectivity index (χ0n) is 18.3. The van der Waals surface area contributed by atoms with Crippen molar-refractivity contribution in [1.29, 1.82) is 0 Å². The van der Waals surface area contributed by atoms with Gasteiger partial charge in [-0.05, 0) is 11.1 Å². The van der Waals surface area contributed by atoms with E-state index in [4.69, 9.17) is 0 Å². The Hall–Kier alpha value is -3.12. The molecule has 31 heavy (non-hydrogen) atoms. The lowest BCUT2D eigenvalue weighted by Crippen LogP contribution is -2.52. The van der Waals surface area contributed by atoms with Crippen molar-refractivity contribution < 1.29 is 0 Å².